The average molecular weight is 489 g/mol. The molecule has 0 fully saturated rings. The van der Waals surface area contributed by atoms with E-state index in [1.807, 2.05) is 62.4 Å². The fraction of sp³-hybridized carbons (Fsp3) is 0.179. The van der Waals surface area contributed by atoms with Gasteiger partial charge in [-0.3, -0.25) is 4.99 Å². The molecule has 6 nitrogen and oxygen atoms in total. The number of ether oxygens (including phenoxy) is 1. The second-order valence-corrected chi connectivity index (χ2v) is 10.3. The van der Waals surface area contributed by atoms with Gasteiger partial charge in [-0.25, -0.2) is 8.42 Å². The van der Waals surface area contributed by atoms with Crippen LogP contribution in [0.3, 0.4) is 0 Å². The molecule has 0 bridgehead atoms. The van der Waals surface area contributed by atoms with Crippen molar-refractivity contribution in [3.05, 3.63) is 113 Å². The molecule has 4 rings (SSSR count). The van der Waals surface area contributed by atoms with Crippen molar-refractivity contribution in [2.75, 3.05) is 7.11 Å². The summed E-state index contributed by atoms with van der Waals surface area (Å²) >= 11 is 0. The molecule has 0 aliphatic carbocycles. The summed E-state index contributed by atoms with van der Waals surface area (Å²) in [4.78, 5) is 4.68. The van der Waals surface area contributed by atoms with E-state index in [-0.39, 0.29) is 18.0 Å². The molecule has 0 aliphatic rings. The number of hydrogen-bond acceptors (Lipinski definition) is 5. The van der Waals surface area contributed by atoms with Crippen LogP contribution in [-0.4, -0.2) is 26.0 Å². The molecule has 0 unspecified atom stereocenters. The zero-order valence-corrected chi connectivity index (χ0v) is 20.8. The van der Waals surface area contributed by atoms with Gasteiger partial charge < -0.3 is 9.15 Å². The van der Waals surface area contributed by atoms with Gasteiger partial charge in [-0.15, -0.1) is 0 Å². The molecule has 0 aliphatic heterocycles. The maximum atomic E-state index is 13.5. The Bertz CT molecular complexity index is 1410. The van der Waals surface area contributed by atoms with E-state index < -0.39 is 10.0 Å². The van der Waals surface area contributed by atoms with Crippen LogP contribution in [0.4, 0.5) is 5.69 Å². The van der Waals surface area contributed by atoms with Crippen LogP contribution < -0.4 is 4.74 Å². The van der Waals surface area contributed by atoms with Crippen LogP contribution in [0.5, 0.6) is 5.75 Å². The lowest BCUT2D eigenvalue weighted by atomic mass is 10.1. The standard InChI is InChI=1S/C28H28N2O4S/c1-21-7-11-23(12-8-21)19-30(35(31,32)28-15-9-22(2)10-16-28)20-27-14-13-26(34-27)18-29-24-5-4-6-25(17-24)33-3/h4-18H,19-20H2,1-3H3. The summed E-state index contributed by atoms with van der Waals surface area (Å²) in [6.45, 7) is 4.25. The lowest BCUT2D eigenvalue weighted by molar-refractivity contribution is 0.357. The Morgan fingerprint density at radius 1 is 0.886 bits per heavy atom. The van der Waals surface area contributed by atoms with Gasteiger partial charge in [0.25, 0.3) is 0 Å². The lowest BCUT2D eigenvalue weighted by Gasteiger charge is -2.21. The largest absolute Gasteiger partial charge is 0.497 e. The average Bonchev–Trinajstić information content (AvgIpc) is 3.31. The summed E-state index contributed by atoms with van der Waals surface area (Å²) in [6, 6.07) is 25.7. The van der Waals surface area contributed by atoms with E-state index in [4.69, 9.17) is 9.15 Å². The van der Waals surface area contributed by atoms with E-state index in [0.717, 1.165) is 22.4 Å². The quantitative estimate of drug-likeness (QED) is 0.269. The second kappa shape index (κ2) is 10.7. The second-order valence-electron chi connectivity index (χ2n) is 8.34. The highest BCUT2D eigenvalue weighted by atomic mass is 32.2. The molecule has 0 N–H and O–H groups in total. The minimum Gasteiger partial charge on any atom is -0.497 e. The van der Waals surface area contributed by atoms with Gasteiger partial charge in [-0.05, 0) is 55.8 Å². The van der Waals surface area contributed by atoms with E-state index >= 15 is 0 Å². The number of nitrogens with zero attached hydrogens (tertiary/aromatic N) is 2. The van der Waals surface area contributed by atoms with Gasteiger partial charge in [0.15, 0.2) is 0 Å². The van der Waals surface area contributed by atoms with Crippen LogP contribution in [-0.2, 0) is 23.1 Å². The zero-order valence-electron chi connectivity index (χ0n) is 20.0. The third kappa shape index (κ3) is 6.26. The topological polar surface area (TPSA) is 72.1 Å². The molecule has 1 aromatic heterocycles. The van der Waals surface area contributed by atoms with Crippen LogP contribution in [0.2, 0.25) is 0 Å². The predicted octanol–water partition coefficient (Wildman–Crippen LogP) is 6.05. The molecule has 35 heavy (non-hydrogen) atoms. The maximum absolute atomic E-state index is 13.5. The summed E-state index contributed by atoms with van der Waals surface area (Å²) in [6.07, 6.45) is 1.61. The van der Waals surface area contributed by atoms with Crippen molar-refractivity contribution >= 4 is 21.9 Å². The van der Waals surface area contributed by atoms with Crippen molar-refractivity contribution in [3.8, 4) is 5.75 Å². The Labute approximate surface area is 206 Å². The smallest absolute Gasteiger partial charge is 0.243 e. The number of methoxy groups -OCH3 is 1. The molecule has 7 heteroatoms. The van der Waals surface area contributed by atoms with Gasteiger partial charge in [-0.2, -0.15) is 4.31 Å². The van der Waals surface area contributed by atoms with Crippen LogP contribution in [0.15, 0.2) is 99.2 Å². The number of furan rings is 1. The summed E-state index contributed by atoms with van der Waals surface area (Å²) < 4.78 is 39.7. The Morgan fingerprint density at radius 2 is 1.57 bits per heavy atom. The fourth-order valence-electron chi connectivity index (χ4n) is 3.53. The van der Waals surface area contributed by atoms with E-state index in [9.17, 15) is 8.42 Å². The highest BCUT2D eigenvalue weighted by Gasteiger charge is 2.26. The molecule has 0 radical (unpaired) electrons. The summed E-state index contributed by atoms with van der Waals surface area (Å²) in [5.74, 6) is 1.78. The first-order valence-corrected chi connectivity index (χ1v) is 12.7. The predicted molar refractivity (Wildman–Crippen MR) is 138 cm³/mol. The number of aryl methyl sites for hydroxylation is 2. The number of aliphatic imine (C=N–C) groups is 1. The van der Waals surface area contributed by atoms with E-state index in [2.05, 4.69) is 4.99 Å². The third-order valence-corrected chi connectivity index (χ3v) is 7.35. The van der Waals surface area contributed by atoms with E-state index in [1.165, 1.54) is 4.31 Å². The van der Waals surface area contributed by atoms with Crippen molar-refractivity contribution in [1.29, 1.82) is 0 Å². The Balaban J connectivity index is 1.58. The lowest BCUT2D eigenvalue weighted by Crippen LogP contribution is -2.30. The summed E-state index contributed by atoms with van der Waals surface area (Å²) in [5.41, 5.74) is 3.75. The summed E-state index contributed by atoms with van der Waals surface area (Å²) in [7, 11) is -2.15. The highest BCUT2D eigenvalue weighted by Crippen LogP contribution is 2.23. The van der Waals surface area contributed by atoms with Gasteiger partial charge in [0.2, 0.25) is 10.0 Å². The van der Waals surface area contributed by atoms with Crippen LogP contribution in [0.1, 0.15) is 28.2 Å². The van der Waals surface area contributed by atoms with Gasteiger partial charge in [0.1, 0.15) is 17.3 Å². The Kier molecular flexibility index (Phi) is 7.48. The SMILES string of the molecule is COc1cccc(N=Cc2ccc(CN(Cc3ccc(C)cc3)S(=O)(=O)c3ccc(C)cc3)o2)c1. The van der Waals surface area contributed by atoms with Crippen molar-refractivity contribution in [1.82, 2.24) is 4.31 Å². The zero-order chi connectivity index (χ0) is 24.8. The van der Waals surface area contributed by atoms with Crippen LogP contribution in [0, 0.1) is 13.8 Å². The van der Waals surface area contributed by atoms with Crippen molar-refractivity contribution < 1.29 is 17.6 Å². The highest BCUT2D eigenvalue weighted by molar-refractivity contribution is 7.89. The molecule has 0 saturated carbocycles. The van der Waals surface area contributed by atoms with Crippen molar-refractivity contribution in [2.24, 2.45) is 4.99 Å². The normalized spacial score (nSPS) is 11.9. The minimum atomic E-state index is -3.75. The van der Waals surface area contributed by atoms with Gasteiger partial charge >= 0.3 is 0 Å². The molecule has 0 saturated heterocycles. The fourth-order valence-corrected chi connectivity index (χ4v) is 4.93. The van der Waals surface area contributed by atoms with E-state index in [0.29, 0.717) is 17.3 Å². The number of rotatable bonds is 9. The monoisotopic (exact) mass is 488 g/mol. The molecule has 0 amide bonds. The first-order chi connectivity index (χ1) is 16.8. The molecular weight excluding hydrogens is 460 g/mol. The van der Waals surface area contributed by atoms with Gasteiger partial charge in [0.05, 0.1) is 30.5 Å². The molecule has 4 aromatic rings. The van der Waals surface area contributed by atoms with Crippen LogP contribution in [0.25, 0.3) is 0 Å². The number of hydrogen-bond donors (Lipinski definition) is 0. The van der Waals surface area contributed by atoms with E-state index in [1.54, 1.807) is 49.7 Å². The third-order valence-electron chi connectivity index (χ3n) is 5.55. The van der Waals surface area contributed by atoms with Crippen LogP contribution >= 0.6 is 0 Å². The first kappa shape index (κ1) is 24.4. The molecular formula is C28H28N2O4S. The minimum absolute atomic E-state index is 0.0943. The number of sulfonamides is 1. The van der Waals surface area contributed by atoms with Gasteiger partial charge in [0, 0.05) is 12.6 Å². The van der Waals surface area contributed by atoms with Gasteiger partial charge in [-0.1, -0.05) is 53.6 Å². The van der Waals surface area contributed by atoms with Crippen molar-refractivity contribution in [3.63, 3.8) is 0 Å². The molecule has 0 atom stereocenters. The molecule has 180 valence electrons. The Morgan fingerprint density at radius 3 is 2.26 bits per heavy atom. The Hall–Kier alpha value is -3.68. The molecule has 1 heterocycles. The summed E-state index contributed by atoms with van der Waals surface area (Å²) in [5, 5.41) is 0. The maximum Gasteiger partial charge on any atom is 0.243 e. The van der Waals surface area contributed by atoms with Crippen molar-refractivity contribution in [2.45, 2.75) is 31.8 Å². The number of benzene rings is 3. The first-order valence-electron chi connectivity index (χ1n) is 11.2. The molecule has 3 aromatic carbocycles. The molecule has 0 spiro atoms.